The monoisotopic (exact) mass is 1360 g/mol. The zero-order chi connectivity index (χ0) is 70.1. The molecule has 0 bridgehead atoms. The van der Waals surface area contributed by atoms with Crippen molar-refractivity contribution in [2.24, 2.45) is 20.7 Å². The molecule has 0 saturated carbocycles. The number of nitrogens with one attached hydrogen (secondary N) is 2. The van der Waals surface area contributed by atoms with Crippen molar-refractivity contribution in [3.8, 4) is 0 Å². The van der Waals surface area contributed by atoms with Gasteiger partial charge in [-0.2, -0.15) is 39.5 Å². The smallest absolute Gasteiger partial charge is 0.425 e. The number of carbonyl (C=O) groups is 4. The van der Waals surface area contributed by atoms with Gasteiger partial charge in [0.2, 0.25) is 11.8 Å². The number of hydrogen-bond acceptors (Lipinski definition) is 14. The van der Waals surface area contributed by atoms with Crippen LogP contribution in [-0.2, 0) is 62.7 Å². The second-order valence-corrected chi connectivity index (χ2v) is 24.2. The van der Waals surface area contributed by atoms with Crippen molar-refractivity contribution >= 4 is 47.4 Å². The van der Waals surface area contributed by atoms with Gasteiger partial charge in [0.25, 0.3) is 29.9 Å². The SMILES string of the molecule is COC1CCN(C(=O)Cc2ccc(F)c([C@]3(C)C[C@@H](C(F)(F)F)OC(N)=N3)c2)CC1.COC1CCN(C(=O)Cc2ccc(F)c([C@]3(C)C[C@@H](C(F)(F)F)OC(NC(=O)c4ccccc4)=N3)c2)CC1.C[C@@]1(c2cc(N)ccc2F)C[C@@H](C(F)(F)F)OC(NC(=O)c2ccccc2)=N1. The lowest BCUT2D eigenvalue weighted by atomic mass is 9.84. The highest BCUT2D eigenvalue weighted by atomic mass is 19.4. The lowest BCUT2D eigenvalue weighted by Gasteiger charge is -2.37. The summed E-state index contributed by atoms with van der Waals surface area (Å²) in [6.07, 6.45) is -19.9. The van der Waals surface area contributed by atoms with Crippen LogP contribution < -0.4 is 22.1 Å². The molecule has 0 aromatic heterocycles. The molecule has 10 rings (SSSR count). The summed E-state index contributed by atoms with van der Waals surface area (Å²) >= 11 is 0. The second kappa shape index (κ2) is 30.0. The van der Waals surface area contributed by atoms with E-state index in [4.69, 9.17) is 30.4 Å². The van der Waals surface area contributed by atoms with Crippen LogP contribution in [0, 0.1) is 17.5 Å². The first-order valence-corrected chi connectivity index (χ1v) is 30.3. The molecule has 30 heteroatoms. The van der Waals surface area contributed by atoms with E-state index in [1.165, 1.54) is 81.4 Å². The first kappa shape index (κ1) is 72.9. The summed E-state index contributed by atoms with van der Waals surface area (Å²) in [4.78, 5) is 66.0. The number of piperidine rings is 2. The highest BCUT2D eigenvalue weighted by Crippen LogP contribution is 2.45. The molecule has 2 fully saturated rings. The number of hydrogen-bond donors (Lipinski definition) is 4. The number of methoxy groups -OCH3 is 2. The summed E-state index contributed by atoms with van der Waals surface area (Å²) in [7, 11) is 3.26. The molecule has 5 aliphatic rings. The molecule has 6 N–H and O–H groups in total. The van der Waals surface area contributed by atoms with Crippen LogP contribution >= 0.6 is 0 Å². The van der Waals surface area contributed by atoms with Gasteiger partial charge >= 0.3 is 18.5 Å². The first-order valence-electron chi connectivity index (χ1n) is 30.3. The van der Waals surface area contributed by atoms with E-state index in [9.17, 15) is 67.5 Å². The van der Waals surface area contributed by atoms with Crippen molar-refractivity contribution in [3.63, 3.8) is 0 Å². The van der Waals surface area contributed by atoms with Crippen molar-refractivity contribution in [1.29, 1.82) is 0 Å². The van der Waals surface area contributed by atoms with Crippen LogP contribution in [0.2, 0.25) is 0 Å². The number of nitrogen functional groups attached to an aromatic ring is 1. The van der Waals surface area contributed by atoms with Gasteiger partial charge < -0.3 is 45.0 Å². The van der Waals surface area contributed by atoms with E-state index in [1.54, 1.807) is 60.4 Å². The number of carbonyl (C=O) groups excluding carboxylic acids is 4. The normalized spacial score (nSPS) is 23.3. The first-order chi connectivity index (χ1) is 45.1. The van der Waals surface area contributed by atoms with Crippen LogP contribution in [0.1, 0.15) is 114 Å². The quantitative estimate of drug-likeness (QED) is 0.0717. The highest BCUT2D eigenvalue weighted by molar-refractivity contribution is 6.05. The molecule has 0 spiro atoms. The molecule has 18 nitrogen and oxygen atoms in total. The Hall–Kier alpha value is -8.93. The Morgan fingerprint density at radius 1 is 0.500 bits per heavy atom. The van der Waals surface area contributed by atoms with E-state index < -0.39 is 120 Å². The number of amides is 4. The summed E-state index contributed by atoms with van der Waals surface area (Å²) in [6.45, 7) is 6.25. The molecule has 5 heterocycles. The topological polar surface area (TPSA) is 234 Å². The molecule has 0 radical (unpaired) electrons. The van der Waals surface area contributed by atoms with Crippen LogP contribution in [0.4, 0.5) is 58.4 Å². The van der Waals surface area contributed by atoms with Gasteiger partial charge in [-0.1, -0.05) is 48.5 Å². The van der Waals surface area contributed by atoms with E-state index in [0.717, 1.165) is 31.0 Å². The van der Waals surface area contributed by atoms with E-state index in [0.29, 0.717) is 50.1 Å². The number of likely N-dealkylation sites (tertiary alicyclic amines) is 2. The Labute approximate surface area is 544 Å². The molecule has 5 aliphatic heterocycles. The fraction of sp³-hybridized carbons (Fsp3) is 0.439. The molecule has 0 aliphatic carbocycles. The summed E-state index contributed by atoms with van der Waals surface area (Å²) in [5, 5.41) is 4.51. The molecule has 5 aromatic carbocycles. The molecule has 6 atom stereocenters. The van der Waals surface area contributed by atoms with E-state index in [1.807, 2.05) is 0 Å². The van der Waals surface area contributed by atoms with Crippen LogP contribution in [0.15, 0.2) is 130 Å². The predicted octanol–water partition coefficient (Wildman–Crippen LogP) is 11.0. The van der Waals surface area contributed by atoms with Crippen LogP contribution in [0.5, 0.6) is 0 Å². The fourth-order valence-electron chi connectivity index (χ4n) is 11.6. The fourth-order valence-corrected chi connectivity index (χ4v) is 11.6. The van der Waals surface area contributed by atoms with Crippen LogP contribution in [-0.4, -0.2) is 141 Å². The number of aliphatic imine (C=N–C) groups is 3. The van der Waals surface area contributed by atoms with Gasteiger partial charge in [-0.15, -0.1) is 0 Å². The van der Waals surface area contributed by atoms with Gasteiger partial charge in [-0.05, 0) is 124 Å². The number of benzene rings is 5. The third-order valence-electron chi connectivity index (χ3n) is 16.9. The summed E-state index contributed by atoms with van der Waals surface area (Å²) in [5.74, 6) is -3.95. The number of nitrogens with zero attached hydrogens (tertiary/aromatic N) is 5. The maximum absolute atomic E-state index is 15.1. The Morgan fingerprint density at radius 3 is 1.19 bits per heavy atom. The van der Waals surface area contributed by atoms with E-state index in [-0.39, 0.29) is 70.4 Å². The highest BCUT2D eigenvalue weighted by Gasteiger charge is 2.53. The van der Waals surface area contributed by atoms with Gasteiger partial charge in [-0.3, -0.25) is 29.8 Å². The van der Waals surface area contributed by atoms with Crippen molar-refractivity contribution in [2.45, 2.75) is 144 Å². The third-order valence-corrected chi connectivity index (χ3v) is 16.9. The average Bonchev–Trinajstić information content (AvgIpc) is 0.779. The predicted molar refractivity (Wildman–Crippen MR) is 327 cm³/mol. The van der Waals surface area contributed by atoms with Gasteiger partial charge in [-0.25, -0.2) is 28.1 Å². The lowest BCUT2D eigenvalue weighted by Crippen LogP contribution is -2.48. The Kier molecular flexibility index (Phi) is 22.8. The minimum Gasteiger partial charge on any atom is -0.452 e. The number of alkyl halides is 9. The molecule has 5 aromatic rings. The van der Waals surface area contributed by atoms with Gasteiger partial charge in [0.1, 0.15) is 17.5 Å². The summed E-state index contributed by atoms with van der Waals surface area (Å²) < 4.78 is 190. The number of nitrogens with two attached hydrogens (primary N) is 2. The Balaban J connectivity index is 0.000000187. The number of anilines is 1. The Bertz CT molecular complexity index is 3680. The number of amidine groups is 3. The minimum absolute atomic E-state index is 0.0133. The Morgan fingerprint density at radius 2 is 0.833 bits per heavy atom. The maximum atomic E-state index is 15.1. The van der Waals surface area contributed by atoms with E-state index in [2.05, 4.69) is 30.3 Å². The molecule has 0 unspecified atom stereocenters. The summed E-state index contributed by atoms with van der Waals surface area (Å²) in [5.41, 5.74) is 7.43. The van der Waals surface area contributed by atoms with Crippen molar-refractivity contribution in [2.75, 3.05) is 46.1 Å². The average molecular weight is 1360 g/mol. The molecular weight excluding hydrogens is 1290 g/mol. The van der Waals surface area contributed by atoms with Crippen molar-refractivity contribution < 1.29 is 95.5 Å². The second-order valence-electron chi connectivity index (χ2n) is 24.2. The van der Waals surface area contributed by atoms with Crippen molar-refractivity contribution in [3.05, 3.63) is 172 Å². The zero-order valence-electron chi connectivity index (χ0n) is 52.6. The zero-order valence-corrected chi connectivity index (χ0v) is 52.6. The molecule has 4 amide bonds. The molecular formula is C66H71F12N9O9. The number of ether oxygens (including phenoxy) is 5. The van der Waals surface area contributed by atoms with Gasteiger partial charge in [0.15, 0.2) is 18.3 Å². The number of rotatable bonds is 11. The standard InChI is InChI=1S/C27H29F4N3O4.C20H25F4N3O3.C19H17F4N3O2/c1-26(16-22(27(29,30)31)38-25(33-26)32-24(36)18-6-4-3-5-7-18)20-14-17(8-9-21(20)28)15-23(35)34-12-10-19(37-2)11-13-34;1-19(11-16(20(22,23)24)30-18(25)26-19)14-9-12(3-4-15(14)21)10-17(28)27-7-5-13(29-2)6-8-27;1-18(13-9-12(24)7-8-14(13)20)10-15(19(21,22)23)28-17(26-18)25-16(27)11-5-3-2-4-6-11/h3-9,14,19,22H,10-13,15-16H2,1-2H3,(H,32,33,36);3-4,9,13,16H,5-8,10-11H2,1-2H3,(H2,25,26);2-9,15H,10,24H2,1H3,(H,25,26,27)/t22-,26-;16-,19-;15-,18-/m000/s1. The van der Waals surface area contributed by atoms with Gasteiger partial charge in [0.05, 0.1) is 41.7 Å². The minimum atomic E-state index is -4.79. The maximum Gasteiger partial charge on any atom is 0.425 e. The summed E-state index contributed by atoms with van der Waals surface area (Å²) in [6, 6.07) is 25.3. The van der Waals surface area contributed by atoms with E-state index >= 15 is 4.39 Å². The molecule has 518 valence electrons. The van der Waals surface area contributed by atoms with Crippen molar-refractivity contribution in [1.82, 2.24) is 20.4 Å². The largest absolute Gasteiger partial charge is 0.452 e. The van der Waals surface area contributed by atoms with Gasteiger partial charge in [0, 0.05) is 93.2 Å². The molecule has 96 heavy (non-hydrogen) atoms. The third kappa shape index (κ3) is 18.5. The number of halogens is 12. The lowest BCUT2D eigenvalue weighted by molar-refractivity contribution is -0.208. The van der Waals surface area contributed by atoms with Crippen LogP contribution in [0.3, 0.4) is 0 Å². The van der Waals surface area contributed by atoms with Crippen LogP contribution in [0.25, 0.3) is 0 Å². The molecule has 2 saturated heterocycles.